The van der Waals surface area contributed by atoms with E-state index in [1.807, 2.05) is 6.07 Å². The predicted molar refractivity (Wildman–Crippen MR) is 76.3 cm³/mol. The first-order valence-electron chi connectivity index (χ1n) is 6.76. The Bertz CT molecular complexity index is 580. The zero-order valence-corrected chi connectivity index (χ0v) is 10.9. The molecule has 3 N–H and O–H groups in total. The Hall–Kier alpha value is -1.94. The van der Waals surface area contributed by atoms with Crippen LogP contribution in [0.25, 0.3) is 0 Å². The van der Waals surface area contributed by atoms with Crippen molar-refractivity contribution in [2.75, 3.05) is 5.32 Å². The highest BCUT2D eigenvalue weighted by molar-refractivity contribution is 5.58. The number of hydrogen-bond acceptors (Lipinski definition) is 4. The normalized spacial score (nSPS) is 13.9. The standard InChI is InChI=1S/C15H18N4/c16-10-15-17-8-7-14(19-15)18-13-6-5-11-3-1-2-4-12(11)9-13/h5-9H,1-4,10,16H2,(H,17,18,19). The van der Waals surface area contributed by atoms with Gasteiger partial charge in [0.05, 0.1) is 6.54 Å². The van der Waals surface area contributed by atoms with Crippen molar-refractivity contribution in [3.8, 4) is 0 Å². The van der Waals surface area contributed by atoms with Crippen LogP contribution in [0.2, 0.25) is 0 Å². The van der Waals surface area contributed by atoms with Gasteiger partial charge in [-0.25, -0.2) is 9.97 Å². The molecule has 1 aliphatic rings. The second kappa shape index (κ2) is 5.36. The summed E-state index contributed by atoms with van der Waals surface area (Å²) < 4.78 is 0. The van der Waals surface area contributed by atoms with Crippen molar-refractivity contribution in [1.82, 2.24) is 9.97 Å². The number of aryl methyl sites for hydroxylation is 2. The molecule has 3 rings (SSSR count). The van der Waals surface area contributed by atoms with Gasteiger partial charge in [-0.15, -0.1) is 0 Å². The van der Waals surface area contributed by atoms with Crippen molar-refractivity contribution in [2.24, 2.45) is 5.73 Å². The Morgan fingerprint density at radius 3 is 2.79 bits per heavy atom. The van der Waals surface area contributed by atoms with Crippen LogP contribution in [-0.2, 0) is 19.4 Å². The number of hydrogen-bond donors (Lipinski definition) is 2. The van der Waals surface area contributed by atoms with Crippen LogP contribution in [0.1, 0.15) is 29.8 Å². The first-order valence-corrected chi connectivity index (χ1v) is 6.76. The second-order valence-corrected chi connectivity index (χ2v) is 4.88. The van der Waals surface area contributed by atoms with E-state index in [4.69, 9.17) is 5.73 Å². The molecule has 1 aromatic heterocycles. The van der Waals surface area contributed by atoms with Crippen molar-refractivity contribution >= 4 is 11.5 Å². The molecule has 0 aliphatic heterocycles. The molecule has 1 aliphatic carbocycles. The maximum Gasteiger partial charge on any atom is 0.144 e. The van der Waals surface area contributed by atoms with E-state index in [0.29, 0.717) is 12.4 Å². The molecule has 98 valence electrons. The van der Waals surface area contributed by atoms with Crippen molar-refractivity contribution in [2.45, 2.75) is 32.2 Å². The van der Waals surface area contributed by atoms with Gasteiger partial charge in [-0.05, 0) is 55.0 Å². The molecule has 0 spiro atoms. The minimum atomic E-state index is 0.361. The topological polar surface area (TPSA) is 63.8 Å². The molecule has 0 atom stereocenters. The molecule has 0 saturated heterocycles. The van der Waals surface area contributed by atoms with Gasteiger partial charge in [-0.3, -0.25) is 0 Å². The van der Waals surface area contributed by atoms with Crippen molar-refractivity contribution < 1.29 is 0 Å². The summed E-state index contributed by atoms with van der Waals surface area (Å²) in [6, 6.07) is 8.44. The summed E-state index contributed by atoms with van der Waals surface area (Å²) in [6.45, 7) is 0.361. The van der Waals surface area contributed by atoms with Gasteiger partial charge in [-0.1, -0.05) is 6.07 Å². The predicted octanol–water partition coefficient (Wildman–Crippen LogP) is 2.56. The highest BCUT2D eigenvalue weighted by atomic mass is 15.0. The molecule has 0 amide bonds. The quantitative estimate of drug-likeness (QED) is 0.883. The van der Waals surface area contributed by atoms with Crippen molar-refractivity contribution in [3.63, 3.8) is 0 Å². The number of nitrogens with two attached hydrogens (primary N) is 1. The van der Waals surface area contributed by atoms with Gasteiger partial charge >= 0.3 is 0 Å². The molecule has 4 nitrogen and oxygen atoms in total. The molecule has 0 unspecified atom stereocenters. The summed E-state index contributed by atoms with van der Waals surface area (Å²) in [4.78, 5) is 8.44. The number of nitrogens with one attached hydrogen (secondary N) is 1. The van der Waals surface area contributed by atoms with Crippen LogP contribution in [0.5, 0.6) is 0 Å². The zero-order chi connectivity index (χ0) is 13.1. The number of nitrogens with zero attached hydrogens (tertiary/aromatic N) is 2. The summed E-state index contributed by atoms with van der Waals surface area (Å²) in [5.74, 6) is 1.45. The number of aromatic nitrogens is 2. The lowest BCUT2D eigenvalue weighted by molar-refractivity contribution is 0.686. The Kier molecular flexibility index (Phi) is 3.42. The average Bonchev–Trinajstić information content (AvgIpc) is 2.47. The summed E-state index contributed by atoms with van der Waals surface area (Å²) >= 11 is 0. The van der Waals surface area contributed by atoms with Crippen molar-refractivity contribution in [3.05, 3.63) is 47.4 Å². The molecule has 0 saturated carbocycles. The van der Waals surface area contributed by atoms with Gasteiger partial charge in [-0.2, -0.15) is 0 Å². The van der Waals surface area contributed by atoms with Crippen LogP contribution in [-0.4, -0.2) is 9.97 Å². The molecule has 19 heavy (non-hydrogen) atoms. The third-order valence-corrected chi connectivity index (χ3v) is 3.51. The van der Waals surface area contributed by atoms with Gasteiger partial charge in [0, 0.05) is 11.9 Å². The van der Waals surface area contributed by atoms with E-state index in [9.17, 15) is 0 Å². The van der Waals surface area contributed by atoms with Crippen LogP contribution in [0, 0.1) is 0 Å². The minimum Gasteiger partial charge on any atom is -0.340 e. The van der Waals surface area contributed by atoms with Gasteiger partial charge in [0.15, 0.2) is 0 Å². The first-order chi connectivity index (χ1) is 9.35. The lowest BCUT2D eigenvalue weighted by Crippen LogP contribution is -2.06. The Labute approximate surface area is 113 Å². The molecule has 0 radical (unpaired) electrons. The maximum atomic E-state index is 5.55. The smallest absolute Gasteiger partial charge is 0.144 e. The lowest BCUT2D eigenvalue weighted by Gasteiger charge is -2.17. The van der Waals surface area contributed by atoms with Crippen LogP contribution in [0.15, 0.2) is 30.5 Å². The Morgan fingerprint density at radius 2 is 1.95 bits per heavy atom. The van der Waals surface area contributed by atoms with Gasteiger partial charge in [0.25, 0.3) is 0 Å². The van der Waals surface area contributed by atoms with Crippen molar-refractivity contribution in [1.29, 1.82) is 0 Å². The summed E-state index contributed by atoms with van der Waals surface area (Å²) in [7, 11) is 0. The fourth-order valence-corrected chi connectivity index (χ4v) is 2.53. The van der Waals surface area contributed by atoms with E-state index >= 15 is 0 Å². The molecule has 1 heterocycles. The van der Waals surface area contributed by atoms with Crippen LogP contribution < -0.4 is 11.1 Å². The number of benzene rings is 1. The van der Waals surface area contributed by atoms with Crippen LogP contribution >= 0.6 is 0 Å². The summed E-state index contributed by atoms with van der Waals surface area (Å²) in [5, 5.41) is 3.32. The molecule has 4 heteroatoms. The summed E-state index contributed by atoms with van der Waals surface area (Å²) in [6.07, 6.45) is 6.73. The van der Waals surface area contributed by atoms with E-state index in [0.717, 1.165) is 11.5 Å². The molecule has 1 aromatic carbocycles. The molecule has 2 aromatic rings. The average molecular weight is 254 g/mol. The number of fused-ring (bicyclic) bond motifs is 1. The molecule has 0 fully saturated rings. The molecule has 0 bridgehead atoms. The first kappa shape index (κ1) is 12.1. The summed E-state index contributed by atoms with van der Waals surface area (Å²) in [5.41, 5.74) is 9.59. The third-order valence-electron chi connectivity index (χ3n) is 3.51. The Balaban J connectivity index is 1.82. The van der Waals surface area contributed by atoms with Gasteiger partial charge in [0.1, 0.15) is 11.6 Å². The maximum absolute atomic E-state index is 5.55. The molecular formula is C15H18N4. The zero-order valence-electron chi connectivity index (χ0n) is 10.9. The number of rotatable bonds is 3. The van der Waals surface area contributed by atoms with Gasteiger partial charge < -0.3 is 11.1 Å². The number of anilines is 2. The fourth-order valence-electron chi connectivity index (χ4n) is 2.53. The molecular weight excluding hydrogens is 236 g/mol. The largest absolute Gasteiger partial charge is 0.340 e. The Morgan fingerprint density at radius 1 is 1.11 bits per heavy atom. The van der Waals surface area contributed by atoms with E-state index in [1.54, 1.807) is 6.20 Å². The lowest BCUT2D eigenvalue weighted by atomic mass is 9.91. The third kappa shape index (κ3) is 2.74. The van der Waals surface area contributed by atoms with E-state index in [-0.39, 0.29) is 0 Å². The minimum absolute atomic E-state index is 0.361. The van der Waals surface area contributed by atoms with E-state index in [2.05, 4.69) is 33.5 Å². The van der Waals surface area contributed by atoms with Gasteiger partial charge in [0.2, 0.25) is 0 Å². The van der Waals surface area contributed by atoms with Crippen LogP contribution in [0.4, 0.5) is 11.5 Å². The monoisotopic (exact) mass is 254 g/mol. The van der Waals surface area contributed by atoms with Crippen LogP contribution in [0.3, 0.4) is 0 Å². The van der Waals surface area contributed by atoms with E-state index in [1.165, 1.54) is 36.8 Å². The second-order valence-electron chi connectivity index (χ2n) is 4.88. The van der Waals surface area contributed by atoms with E-state index < -0.39 is 0 Å². The highest BCUT2D eigenvalue weighted by Crippen LogP contribution is 2.25. The fraction of sp³-hybridized carbons (Fsp3) is 0.333. The SMILES string of the molecule is NCc1nccc(Nc2ccc3c(c2)CCCC3)n1. The highest BCUT2D eigenvalue weighted by Gasteiger charge is 2.09.